The fraction of sp³-hybridized carbons (Fsp3) is 0.556. The Bertz CT molecular complexity index is 732. The Balaban J connectivity index is 1.36. The van der Waals surface area contributed by atoms with Crippen LogP contribution in [0.25, 0.3) is 0 Å². The molecule has 0 spiro atoms. The molecule has 2 aromatic carbocycles. The Morgan fingerprint density at radius 3 is 1.78 bits per heavy atom. The quantitative estimate of drug-likeness (QED) is 0.528. The summed E-state index contributed by atoms with van der Waals surface area (Å²) in [6.07, 6.45) is 10.5. The SMILES string of the molecule is CC(C)C(c1ccccc1)c1ccc(CC23CC4CC(CC(C4)C2)C3)cc1. The largest absolute Gasteiger partial charge is 0.0622 e. The fourth-order valence-electron chi connectivity index (χ4n) is 7.40. The third-order valence-electron chi connectivity index (χ3n) is 7.91. The third kappa shape index (κ3) is 3.37. The molecule has 6 rings (SSSR count). The third-order valence-corrected chi connectivity index (χ3v) is 7.91. The molecule has 0 radical (unpaired) electrons. The number of benzene rings is 2. The summed E-state index contributed by atoms with van der Waals surface area (Å²) in [5.41, 5.74) is 5.15. The van der Waals surface area contributed by atoms with Gasteiger partial charge in [0.05, 0.1) is 0 Å². The first-order valence-electron chi connectivity index (χ1n) is 11.2. The molecule has 4 saturated carbocycles. The Morgan fingerprint density at radius 2 is 1.26 bits per heavy atom. The molecular formula is C27H34. The van der Waals surface area contributed by atoms with Crippen LogP contribution >= 0.6 is 0 Å². The highest BCUT2D eigenvalue weighted by Gasteiger charge is 2.50. The standard InChI is InChI=1S/C27H34/c1-19(2)26(24-6-4-3-5-7-24)25-10-8-20(9-11-25)15-27-16-21-12-22(17-27)14-23(13-21)18-27/h3-11,19,21-23,26H,12-18H2,1-2H3. The minimum atomic E-state index is 0.500. The van der Waals surface area contributed by atoms with Crippen LogP contribution in [0.5, 0.6) is 0 Å². The van der Waals surface area contributed by atoms with Crippen LogP contribution in [0.1, 0.15) is 75.0 Å². The molecule has 4 fully saturated rings. The van der Waals surface area contributed by atoms with Gasteiger partial charge in [-0.2, -0.15) is 0 Å². The normalized spacial score (nSPS) is 32.8. The molecule has 4 aliphatic rings. The fourth-order valence-corrected chi connectivity index (χ4v) is 7.40. The molecule has 1 atom stereocenters. The predicted molar refractivity (Wildman–Crippen MR) is 114 cm³/mol. The van der Waals surface area contributed by atoms with Crippen molar-refractivity contribution in [2.24, 2.45) is 29.1 Å². The van der Waals surface area contributed by atoms with Crippen molar-refractivity contribution in [3.05, 3.63) is 71.3 Å². The lowest BCUT2D eigenvalue weighted by atomic mass is 9.48. The van der Waals surface area contributed by atoms with E-state index < -0.39 is 0 Å². The van der Waals surface area contributed by atoms with Gasteiger partial charge in [-0.25, -0.2) is 0 Å². The average Bonchev–Trinajstić information content (AvgIpc) is 2.62. The van der Waals surface area contributed by atoms with E-state index in [1.54, 1.807) is 24.8 Å². The maximum atomic E-state index is 2.45. The van der Waals surface area contributed by atoms with E-state index in [4.69, 9.17) is 0 Å². The molecule has 0 N–H and O–H groups in total. The Labute approximate surface area is 165 Å². The van der Waals surface area contributed by atoms with Crippen molar-refractivity contribution >= 4 is 0 Å². The summed E-state index contributed by atoms with van der Waals surface area (Å²) in [4.78, 5) is 0. The van der Waals surface area contributed by atoms with Crippen molar-refractivity contribution in [2.75, 3.05) is 0 Å². The van der Waals surface area contributed by atoms with Crippen LogP contribution < -0.4 is 0 Å². The van der Waals surface area contributed by atoms with Gasteiger partial charge >= 0.3 is 0 Å². The lowest BCUT2D eigenvalue weighted by molar-refractivity contribution is -0.0521. The first-order chi connectivity index (χ1) is 13.1. The molecule has 2 aromatic rings. The monoisotopic (exact) mass is 358 g/mol. The van der Waals surface area contributed by atoms with Crippen LogP contribution in [0.2, 0.25) is 0 Å². The van der Waals surface area contributed by atoms with Crippen LogP contribution in [0.3, 0.4) is 0 Å². The van der Waals surface area contributed by atoms with Gasteiger partial charge in [-0.05, 0) is 90.7 Å². The molecule has 0 nitrogen and oxygen atoms in total. The van der Waals surface area contributed by atoms with E-state index in [1.807, 2.05) is 0 Å². The van der Waals surface area contributed by atoms with Gasteiger partial charge in [0.1, 0.15) is 0 Å². The lowest BCUT2D eigenvalue weighted by Gasteiger charge is -2.57. The molecule has 0 amide bonds. The van der Waals surface area contributed by atoms with Crippen molar-refractivity contribution in [2.45, 2.75) is 64.7 Å². The molecular weight excluding hydrogens is 324 g/mol. The van der Waals surface area contributed by atoms with Gasteiger partial charge in [-0.1, -0.05) is 68.4 Å². The summed E-state index contributed by atoms with van der Waals surface area (Å²) in [6.45, 7) is 4.70. The molecule has 0 aliphatic heterocycles. The smallest absolute Gasteiger partial charge is 0.0112 e. The molecule has 0 aromatic heterocycles. The van der Waals surface area contributed by atoms with E-state index >= 15 is 0 Å². The van der Waals surface area contributed by atoms with Gasteiger partial charge in [-0.3, -0.25) is 0 Å². The molecule has 27 heavy (non-hydrogen) atoms. The van der Waals surface area contributed by atoms with Gasteiger partial charge in [0.15, 0.2) is 0 Å². The Hall–Kier alpha value is -1.56. The van der Waals surface area contributed by atoms with E-state index in [-0.39, 0.29) is 0 Å². The Morgan fingerprint density at radius 1 is 0.741 bits per heavy atom. The van der Waals surface area contributed by atoms with E-state index in [2.05, 4.69) is 68.4 Å². The minimum Gasteiger partial charge on any atom is -0.0622 e. The molecule has 4 aliphatic carbocycles. The van der Waals surface area contributed by atoms with Crippen LogP contribution in [0.15, 0.2) is 54.6 Å². The van der Waals surface area contributed by atoms with E-state index in [9.17, 15) is 0 Å². The molecule has 0 saturated heterocycles. The summed E-state index contributed by atoms with van der Waals surface area (Å²) >= 11 is 0. The van der Waals surface area contributed by atoms with Gasteiger partial charge < -0.3 is 0 Å². The minimum absolute atomic E-state index is 0.500. The zero-order chi connectivity index (χ0) is 18.4. The molecule has 142 valence electrons. The number of rotatable bonds is 5. The van der Waals surface area contributed by atoms with E-state index in [0.717, 1.165) is 17.8 Å². The van der Waals surface area contributed by atoms with Crippen molar-refractivity contribution in [3.8, 4) is 0 Å². The van der Waals surface area contributed by atoms with Crippen molar-refractivity contribution in [3.63, 3.8) is 0 Å². The summed E-state index contributed by atoms with van der Waals surface area (Å²) in [5.74, 6) is 4.28. The maximum absolute atomic E-state index is 2.45. The zero-order valence-electron chi connectivity index (χ0n) is 17.0. The zero-order valence-corrected chi connectivity index (χ0v) is 17.0. The number of hydrogen-bond acceptors (Lipinski definition) is 0. The number of hydrogen-bond donors (Lipinski definition) is 0. The summed E-state index contributed by atoms with van der Waals surface area (Å²) < 4.78 is 0. The van der Waals surface area contributed by atoms with Gasteiger partial charge in [0.25, 0.3) is 0 Å². The van der Waals surface area contributed by atoms with Gasteiger partial charge in [0, 0.05) is 5.92 Å². The first kappa shape index (κ1) is 17.5. The summed E-state index contributed by atoms with van der Waals surface area (Å²) in [5, 5.41) is 0. The van der Waals surface area contributed by atoms with E-state index in [1.165, 1.54) is 36.8 Å². The average molecular weight is 359 g/mol. The maximum Gasteiger partial charge on any atom is 0.0112 e. The van der Waals surface area contributed by atoms with Crippen LogP contribution in [0.4, 0.5) is 0 Å². The topological polar surface area (TPSA) is 0 Å². The predicted octanol–water partition coefficient (Wildman–Crippen LogP) is 7.23. The first-order valence-corrected chi connectivity index (χ1v) is 11.2. The molecule has 4 bridgehead atoms. The summed E-state index contributed by atoms with van der Waals surface area (Å²) in [7, 11) is 0. The van der Waals surface area contributed by atoms with Crippen molar-refractivity contribution < 1.29 is 0 Å². The highest BCUT2D eigenvalue weighted by Crippen LogP contribution is 2.61. The summed E-state index contributed by atoms with van der Waals surface area (Å²) in [6, 6.07) is 20.8. The molecule has 1 unspecified atom stereocenters. The van der Waals surface area contributed by atoms with Crippen molar-refractivity contribution in [1.29, 1.82) is 0 Å². The second-order valence-electron chi connectivity index (χ2n) is 10.5. The van der Waals surface area contributed by atoms with Crippen molar-refractivity contribution in [1.82, 2.24) is 0 Å². The van der Waals surface area contributed by atoms with Gasteiger partial charge in [-0.15, -0.1) is 0 Å². The Kier molecular flexibility index (Phi) is 4.42. The highest BCUT2D eigenvalue weighted by atomic mass is 14.6. The van der Waals surface area contributed by atoms with Gasteiger partial charge in [0.2, 0.25) is 0 Å². The lowest BCUT2D eigenvalue weighted by Crippen LogP contribution is -2.47. The van der Waals surface area contributed by atoms with Crippen LogP contribution in [-0.4, -0.2) is 0 Å². The van der Waals surface area contributed by atoms with E-state index in [0.29, 0.717) is 17.3 Å². The highest BCUT2D eigenvalue weighted by molar-refractivity contribution is 5.35. The molecule has 0 heterocycles. The van der Waals surface area contributed by atoms with Crippen LogP contribution in [0, 0.1) is 29.1 Å². The second-order valence-corrected chi connectivity index (χ2v) is 10.5. The second kappa shape index (κ2) is 6.80. The van der Waals surface area contributed by atoms with Crippen LogP contribution in [-0.2, 0) is 6.42 Å². The molecule has 0 heteroatoms.